The summed E-state index contributed by atoms with van der Waals surface area (Å²) in [6.07, 6.45) is 4.50. The Balaban J connectivity index is 1.16. The number of thiophene rings is 1. The Morgan fingerprint density at radius 1 is 1.14 bits per heavy atom. The van der Waals surface area contributed by atoms with Crippen molar-refractivity contribution in [3.63, 3.8) is 0 Å². The van der Waals surface area contributed by atoms with Gasteiger partial charge in [0.2, 0.25) is 11.9 Å². The average Bonchev–Trinajstić information content (AvgIpc) is 3.54. The van der Waals surface area contributed by atoms with E-state index in [-0.39, 0.29) is 17.4 Å². The first kappa shape index (κ1) is 22.5. The first-order valence-corrected chi connectivity index (χ1v) is 13.2. The molecule has 0 saturated carbocycles. The SMILES string of the molecule is O=C(NCCc1c[nH]c2ccccc12)[C@H]1CCCN(c2nc3c(-c4ccccc4)csc3c(=O)[nH]2)C1. The molecule has 1 amide bonds. The van der Waals surface area contributed by atoms with E-state index < -0.39 is 0 Å². The predicted octanol–water partition coefficient (Wildman–Crippen LogP) is 4.71. The molecule has 0 radical (unpaired) electrons. The maximum absolute atomic E-state index is 13.0. The van der Waals surface area contributed by atoms with Crippen LogP contribution in [0.2, 0.25) is 0 Å². The number of piperidine rings is 1. The van der Waals surface area contributed by atoms with E-state index in [0.717, 1.165) is 48.0 Å². The number of nitrogens with one attached hydrogen (secondary N) is 3. The molecule has 1 aliphatic rings. The zero-order valence-electron chi connectivity index (χ0n) is 19.8. The first-order chi connectivity index (χ1) is 17.7. The van der Waals surface area contributed by atoms with Gasteiger partial charge in [0.25, 0.3) is 5.56 Å². The van der Waals surface area contributed by atoms with E-state index in [1.165, 1.54) is 22.3 Å². The second kappa shape index (κ2) is 9.62. The van der Waals surface area contributed by atoms with Crippen molar-refractivity contribution in [1.29, 1.82) is 0 Å². The topological polar surface area (TPSA) is 93.9 Å². The molecule has 0 spiro atoms. The molecule has 1 saturated heterocycles. The molecule has 2 aromatic carbocycles. The lowest BCUT2D eigenvalue weighted by Gasteiger charge is -2.32. The van der Waals surface area contributed by atoms with E-state index in [4.69, 9.17) is 4.98 Å². The number of para-hydroxylation sites is 1. The van der Waals surface area contributed by atoms with Crippen molar-refractivity contribution in [2.24, 2.45) is 5.92 Å². The third-order valence-corrected chi connectivity index (χ3v) is 7.93. The molecule has 0 unspecified atom stereocenters. The third-order valence-electron chi connectivity index (χ3n) is 6.96. The molecule has 1 aliphatic heterocycles. The van der Waals surface area contributed by atoms with Gasteiger partial charge in [0.1, 0.15) is 4.70 Å². The number of aromatic amines is 2. The lowest BCUT2D eigenvalue weighted by molar-refractivity contribution is -0.125. The number of carbonyl (C=O) groups excluding carboxylic acids is 1. The van der Waals surface area contributed by atoms with E-state index in [1.54, 1.807) is 0 Å². The minimum absolute atomic E-state index is 0.0588. The third kappa shape index (κ3) is 4.28. The molecule has 3 aromatic heterocycles. The van der Waals surface area contributed by atoms with Gasteiger partial charge in [0.05, 0.1) is 11.4 Å². The highest BCUT2D eigenvalue weighted by Gasteiger charge is 2.27. The fourth-order valence-corrected chi connectivity index (χ4v) is 5.98. The molecular weight excluding hydrogens is 470 g/mol. The van der Waals surface area contributed by atoms with Crippen LogP contribution >= 0.6 is 11.3 Å². The Hall–Kier alpha value is -3.91. The summed E-state index contributed by atoms with van der Waals surface area (Å²) < 4.78 is 0.626. The van der Waals surface area contributed by atoms with E-state index in [2.05, 4.69) is 27.4 Å². The highest BCUT2D eigenvalue weighted by atomic mass is 32.1. The van der Waals surface area contributed by atoms with E-state index in [1.807, 2.05) is 58.9 Å². The molecule has 8 heteroatoms. The molecular formula is C28H27N5O2S. The van der Waals surface area contributed by atoms with Crippen molar-refractivity contribution in [3.8, 4) is 11.1 Å². The fraction of sp³-hybridized carbons (Fsp3) is 0.250. The Morgan fingerprint density at radius 2 is 1.97 bits per heavy atom. The average molecular weight is 498 g/mol. The van der Waals surface area contributed by atoms with Crippen LogP contribution in [-0.4, -0.2) is 40.5 Å². The Labute approximate surface area is 212 Å². The van der Waals surface area contributed by atoms with Gasteiger partial charge in [-0.3, -0.25) is 14.6 Å². The summed E-state index contributed by atoms with van der Waals surface area (Å²) in [5.41, 5.74) is 4.91. The minimum Gasteiger partial charge on any atom is -0.361 e. The molecule has 0 aliphatic carbocycles. The zero-order valence-corrected chi connectivity index (χ0v) is 20.6. The van der Waals surface area contributed by atoms with Crippen LogP contribution in [0.3, 0.4) is 0 Å². The van der Waals surface area contributed by atoms with Gasteiger partial charge in [-0.25, -0.2) is 4.98 Å². The summed E-state index contributed by atoms with van der Waals surface area (Å²) in [6.45, 7) is 1.89. The number of anilines is 1. The lowest BCUT2D eigenvalue weighted by atomic mass is 9.97. The van der Waals surface area contributed by atoms with Crippen LogP contribution in [0.5, 0.6) is 0 Å². The number of benzene rings is 2. The highest BCUT2D eigenvalue weighted by molar-refractivity contribution is 7.17. The van der Waals surface area contributed by atoms with Crippen molar-refractivity contribution >= 4 is 44.3 Å². The zero-order chi connectivity index (χ0) is 24.5. The molecule has 6 rings (SSSR count). The summed E-state index contributed by atoms with van der Waals surface area (Å²) in [5.74, 6) is 0.460. The van der Waals surface area contributed by atoms with Crippen LogP contribution in [0, 0.1) is 5.92 Å². The summed E-state index contributed by atoms with van der Waals surface area (Å²) >= 11 is 1.41. The number of nitrogens with zero attached hydrogens (tertiary/aromatic N) is 2. The molecule has 7 nitrogen and oxygen atoms in total. The van der Waals surface area contributed by atoms with Crippen molar-refractivity contribution in [2.45, 2.75) is 19.3 Å². The highest BCUT2D eigenvalue weighted by Crippen LogP contribution is 2.32. The van der Waals surface area contributed by atoms with Crippen molar-refractivity contribution in [2.75, 3.05) is 24.5 Å². The van der Waals surface area contributed by atoms with Crippen LogP contribution in [0.15, 0.2) is 71.0 Å². The molecule has 182 valence electrons. The molecule has 1 fully saturated rings. The van der Waals surface area contributed by atoms with Gasteiger partial charge in [-0.15, -0.1) is 11.3 Å². The predicted molar refractivity (Wildman–Crippen MR) is 146 cm³/mol. The van der Waals surface area contributed by atoms with Crippen molar-refractivity contribution in [1.82, 2.24) is 20.3 Å². The van der Waals surface area contributed by atoms with Crippen LogP contribution < -0.4 is 15.8 Å². The van der Waals surface area contributed by atoms with Gasteiger partial charge in [-0.1, -0.05) is 48.5 Å². The maximum atomic E-state index is 13.0. The number of fused-ring (bicyclic) bond motifs is 2. The van der Waals surface area contributed by atoms with Crippen molar-refractivity contribution < 1.29 is 4.79 Å². The number of amides is 1. The van der Waals surface area contributed by atoms with E-state index in [0.29, 0.717) is 23.7 Å². The maximum Gasteiger partial charge on any atom is 0.270 e. The summed E-state index contributed by atoms with van der Waals surface area (Å²) in [5, 5.41) is 6.32. The normalized spacial score (nSPS) is 16.0. The number of aromatic nitrogens is 3. The summed E-state index contributed by atoms with van der Waals surface area (Å²) in [4.78, 5) is 39.0. The largest absolute Gasteiger partial charge is 0.361 e. The molecule has 1 atom stereocenters. The van der Waals surface area contributed by atoms with Crippen LogP contribution in [-0.2, 0) is 11.2 Å². The number of H-pyrrole nitrogens is 2. The minimum atomic E-state index is -0.140. The van der Waals surface area contributed by atoms with Crippen LogP contribution in [0.25, 0.3) is 32.2 Å². The number of rotatable bonds is 6. The molecule has 36 heavy (non-hydrogen) atoms. The van der Waals surface area contributed by atoms with E-state index >= 15 is 0 Å². The Kier molecular flexibility index (Phi) is 6.03. The smallest absolute Gasteiger partial charge is 0.270 e. The van der Waals surface area contributed by atoms with E-state index in [9.17, 15) is 9.59 Å². The van der Waals surface area contributed by atoms with Gasteiger partial charge in [0.15, 0.2) is 0 Å². The fourth-order valence-electron chi connectivity index (χ4n) is 5.07. The van der Waals surface area contributed by atoms with Crippen molar-refractivity contribution in [3.05, 3.63) is 82.1 Å². The lowest BCUT2D eigenvalue weighted by Crippen LogP contribution is -2.44. The number of hydrogen-bond donors (Lipinski definition) is 3. The van der Waals surface area contributed by atoms with Crippen LogP contribution in [0.4, 0.5) is 5.95 Å². The standard InChI is InChI=1S/C28H27N5O2S/c34-26(29-13-12-19-15-30-23-11-5-4-10-21(19)23)20-9-6-14-33(16-20)28-31-24-22(18-7-2-1-3-8-18)17-36-25(24)27(35)32-28/h1-5,7-8,10-11,15,17,20,30H,6,9,12-14,16H2,(H,29,34)(H,31,32,35)/t20-/m0/s1. The summed E-state index contributed by atoms with van der Waals surface area (Å²) in [6, 6.07) is 18.2. The number of hydrogen-bond acceptors (Lipinski definition) is 5. The van der Waals surface area contributed by atoms with Gasteiger partial charge < -0.3 is 15.2 Å². The first-order valence-electron chi connectivity index (χ1n) is 12.3. The van der Waals surface area contributed by atoms with Gasteiger partial charge in [0, 0.05) is 47.7 Å². The second-order valence-corrected chi connectivity index (χ2v) is 10.1. The molecule has 3 N–H and O–H groups in total. The molecule has 4 heterocycles. The van der Waals surface area contributed by atoms with Gasteiger partial charge in [-0.05, 0) is 36.5 Å². The van der Waals surface area contributed by atoms with Crippen LogP contribution in [0.1, 0.15) is 18.4 Å². The quantitative estimate of drug-likeness (QED) is 0.317. The van der Waals surface area contributed by atoms with Gasteiger partial charge in [-0.2, -0.15) is 0 Å². The monoisotopic (exact) mass is 497 g/mol. The Morgan fingerprint density at radius 3 is 2.86 bits per heavy atom. The summed E-state index contributed by atoms with van der Waals surface area (Å²) in [7, 11) is 0. The Bertz CT molecular complexity index is 1590. The number of carbonyl (C=O) groups is 1. The second-order valence-electron chi connectivity index (χ2n) is 9.27. The molecule has 0 bridgehead atoms. The molecule has 5 aromatic rings. The van der Waals surface area contributed by atoms with Gasteiger partial charge >= 0.3 is 0 Å².